The van der Waals surface area contributed by atoms with Gasteiger partial charge in [-0.05, 0) is 28.5 Å². The first-order chi connectivity index (χ1) is 14.1. The summed E-state index contributed by atoms with van der Waals surface area (Å²) in [6.45, 7) is 1.95. The van der Waals surface area contributed by atoms with Crippen molar-refractivity contribution in [1.29, 1.82) is 0 Å². The summed E-state index contributed by atoms with van der Waals surface area (Å²) in [4.78, 5) is 23.4. The number of ketones is 1. The second-order valence-electron chi connectivity index (χ2n) is 6.56. The summed E-state index contributed by atoms with van der Waals surface area (Å²) in [5.41, 5.74) is 0.933. The Morgan fingerprint density at radius 2 is 1.90 bits per heavy atom. The van der Waals surface area contributed by atoms with Crippen LogP contribution in [0.25, 0.3) is 10.8 Å². The van der Waals surface area contributed by atoms with Crippen LogP contribution in [-0.4, -0.2) is 21.7 Å². The van der Waals surface area contributed by atoms with Gasteiger partial charge in [-0.1, -0.05) is 42.5 Å². The molecule has 1 amide bonds. The van der Waals surface area contributed by atoms with Crippen LogP contribution in [0.4, 0.5) is 10.6 Å². The number of hydrogen-bond acceptors (Lipinski definition) is 5. The Bertz CT molecular complexity index is 1170. The number of carbonyl (C=O) groups is 2. The molecule has 0 aliphatic rings. The molecular formula is C22H19N3O4. The third-order valence-electron chi connectivity index (χ3n) is 4.44. The van der Waals surface area contributed by atoms with Crippen LogP contribution in [0.1, 0.15) is 28.8 Å². The number of rotatable bonds is 6. The van der Waals surface area contributed by atoms with Gasteiger partial charge in [0.25, 0.3) is 0 Å². The second kappa shape index (κ2) is 8.02. The molecule has 4 aromatic rings. The number of aromatic nitrogens is 2. The molecule has 0 fully saturated rings. The molecule has 7 nitrogen and oxygen atoms in total. The van der Waals surface area contributed by atoms with E-state index in [1.54, 1.807) is 29.1 Å². The van der Waals surface area contributed by atoms with Crippen LogP contribution in [-0.2, 0) is 17.9 Å². The average molecular weight is 389 g/mol. The molecule has 0 bridgehead atoms. The van der Waals surface area contributed by atoms with Crippen molar-refractivity contribution in [3.63, 3.8) is 0 Å². The highest BCUT2D eigenvalue weighted by atomic mass is 16.5. The largest absolute Gasteiger partial charge is 0.456 e. The number of benzene rings is 2. The standard InChI is InChI=1S/C22H19N3O4/c1-15(26)20-10-9-18(29-20)13-25-12-11-21(24-25)23-22(27)28-14-17-7-4-6-16-5-2-3-8-19(16)17/h2-12H,13-14H2,1H3,(H,23,24,27). The molecule has 2 aromatic carbocycles. The summed E-state index contributed by atoms with van der Waals surface area (Å²) < 4.78 is 12.4. The lowest BCUT2D eigenvalue weighted by molar-refractivity contribution is 0.0985. The van der Waals surface area contributed by atoms with E-state index < -0.39 is 6.09 Å². The fourth-order valence-corrected chi connectivity index (χ4v) is 3.03. The minimum absolute atomic E-state index is 0.131. The number of nitrogens with zero attached hydrogens (tertiary/aromatic N) is 2. The van der Waals surface area contributed by atoms with Crippen LogP contribution in [0, 0.1) is 0 Å². The third-order valence-corrected chi connectivity index (χ3v) is 4.44. The number of amides is 1. The Kier molecular flexibility index (Phi) is 5.11. The molecule has 29 heavy (non-hydrogen) atoms. The zero-order valence-electron chi connectivity index (χ0n) is 15.8. The quantitative estimate of drug-likeness (QED) is 0.486. The topological polar surface area (TPSA) is 86.4 Å². The summed E-state index contributed by atoms with van der Waals surface area (Å²) >= 11 is 0. The summed E-state index contributed by atoms with van der Waals surface area (Å²) in [5, 5.41) is 9.02. The van der Waals surface area contributed by atoms with Crippen molar-refractivity contribution in [2.45, 2.75) is 20.1 Å². The first-order valence-corrected chi connectivity index (χ1v) is 9.12. The highest BCUT2D eigenvalue weighted by Gasteiger charge is 2.10. The molecule has 0 radical (unpaired) electrons. The number of nitrogens with one attached hydrogen (secondary N) is 1. The Morgan fingerprint density at radius 1 is 1.07 bits per heavy atom. The van der Waals surface area contributed by atoms with E-state index in [2.05, 4.69) is 10.4 Å². The maximum absolute atomic E-state index is 12.1. The molecule has 0 atom stereocenters. The normalized spacial score (nSPS) is 10.8. The number of ether oxygens (including phenoxy) is 1. The Balaban J connectivity index is 1.34. The van der Waals surface area contributed by atoms with Crippen LogP contribution < -0.4 is 5.32 Å². The fraction of sp³-hybridized carbons (Fsp3) is 0.136. The van der Waals surface area contributed by atoms with E-state index in [0.717, 1.165) is 16.3 Å². The van der Waals surface area contributed by atoms with Gasteiger partial charge >= 0.3 is 6.09 Å². The first-order valence-electron chi connectivity index (χ1n) is 9.12. The van der Waals surface area contributed by atoms with Crippen LogP contribution in [0.15, 0.2) is 71.3 Å². The molecule has 2 aromatic heterocycles. The Labute approximate surface area is 166 Å². The zero-order chi connectivity index (χ0) is 20.2. The van der Waals surface area contributed by atoms with Gasteiger partial charge in [-0.3, -0.25) is 14.8 Å². The number of hydrogen-bond donors (Lipinski definition) is 1. The number of Topliss-reactive ketones (excluding diaryl/α,β-unsaturated/α-hetero) is 1. The van der Waals surface area contributed by atoms with E-state index in [1.165, 1.54) is 6.92 Å². The van der Waals surface area contributed by atoms with Crippen molar-refractivity contribution >= 4 is 28.5 Å². The van der Waals surface area contributed by atoms with Gasteiger partial charge < -0.3 is 9.15 Å². The highest BCUT2D eigenvalue weighted by molar-refractivity contribution is 5.91. The molecule has 146 valence electrons. The second-order valence-corrected chi connectivity index (χ2v) is 6.56. The lowest BCUT2D eigenvalue weighted by Crippen LogP contribution is -2.14. The monoisotopic (exact) mass is 389 g/mol. The summed E-state index contributed by atoms with van der Waals surface area (Å²) in [5.74, 6) is 1.14. The zero-order valence-corrected chi connectivity index (χ0v) is 15.8. The predicted molar refractivity (Wildman–Crippen MR) is 108 cm³/mol. The minimum Gasteiger partial charge on any atom is -0.456 e. The van der Waals surface area contributed by atoms with Gasteiger partial charge in [-0.15, -0.1) is 0 Å². The molecule has 0 spiro atoms. The van der Waals surface area contributed by atoms with Gasteiger partial charge in [-0.2, -0.15) is 5.10 Å². The van der Waals surface area contributed by atoms with E-state index in [1.807, 2.05) is 42.5 Å². The highest BCUT2D eigenvalue weighted by Crippen LogP contribution is 2.19. The van der Waals surface area contributed by atoms with E-state index in [4.69, 9.17) is 9.15 Å². The van der Waals surface area contributed by atoms with Crippen molar-refractivity contribution in [3.05, 3.63) is 83.9 Å². The summed E-state index contributed by atoms with van der Waals surface area (Å²) in [6, 6.07) is 18.9. The van der Waals surface area contributed by atoms with Crippen molar-refractivity contribution < 1.29 is 18.7 Å². The van der Waals surface area contributed by atoms with Crippen LogP contribution in [0.2, 0.25) is 0 Å². The van der Waals surface area contributed by atoms with Gasteiger partial charge in [0, 0.05) is 19.2 Å². The summed E-state index contributed by atoms with van der Waals surface area (Å²) in [7, 11) is 0. The number of anilines is 1. The molecule has 1 N–H and O–H groups in total. The molecule has 4 rings (SSSR count). The van der Waals surface area contributed by atoms with Gasteiger partial charge in [0.05, 0.1) is 6.54 Å². The average Bonchev–Trinajstić information content (AvgIpc) is 3.36. The van der Waals surface area contributed by atoms with Crippen LogP contribution in [0.3, 0.4) is 0 Å². The lowest BCUT2D eigenvalue weighted by atomic mass is 10.1. The molecule has 0 saturated carbocycles. The van der Waals surface area contributed by atoms with Gasteiger partial charge in [-0.25, -0.2) is 4.79 Å². The molecule has 0 unspecified atom stereocenters. The minimum atomic E-state index is -0.583. The molecule has 7 heteroatoms. The molecule has 2 heterocycles. The van der Waals surface area contributed by atoms with Gasteiger partial charge in [0.15, 0.2) is 17.4 Å². The smallest absolute Gasteiger partial charge is 0.413 e. The Morgan fingerprint density at radius 3 is 2.72 bits per heavy atom. The van der Waals surface area contributed by atoms with Crippen molar-refractivity contribution in [1.82, 2.24) is 9.78 Å². The van der Waals surface area contributed by atoms with E-state index >= 15 is 0 Å². The SMILES string of the molecule is CC(=O)c1ccc(Cn2ccc(NC(=O)OCc3cccc4ccccc34)n2)o1. The van der Waals surface area contributed by atoms with Crippen molar-refractivity contribution in [2.24, 2.45) is 0 Å². The molecule has 0 saturated heterocycles. The van der Waals surface area contributed by atoms with E-state index in [0.29, 0.717) is 23.9 Å². The maximum Gasteiger partial charge on any atom is 0.413 e. The van der Waals surface area contributed by atoms with Crippen molar-refractivity contribution in [3.8, 4) is 0 Å². The first kappa shape index (κ1) is 18.5. The Hall–Kier alpha value is -3.87. The van der Waals surface area contributed by atoms with Gasteiger partial charge in [0.2, 0.25) is 0 Å². The van der Waals surface area contributed by atoms with Crippen LogP contribution in [0.5, 0.6) is 0 Å². The number of fused-ring (bicyclic) bond motifs is 1. The number of furan rings is 1. The summed E-state index contributed by atoms with van der Waals surface area (Å²) in [6.07, 6.45) is 1.12. The maximum atomic E-state index is 12.1. The molecule has 0 aliphatic heterocycles. The lowest BCUT2D eigenvalue weighted by Gasteiger charge is -2.08. The van der Waals surface area contributed by atoms with Gasteiger partial charge in [0.1, 0.15) is 12.4 Å². The van der Waals surface area contributed by atoms with E-state index in [-0.39, 0.29) is 12.4 Å². The molecule has 0 aliphatic carbocycles. The predicted octanol–water partition coefficient (Wildman–Crippen LogP) is 4.63. The number of carbonyl (C=O) groups excluding carboxylic acids is 2. The fourth-order valence-electron chi connectivity index (χ4n) is 3.03. The molecular weight excluding hydrogens is 370 g/mol. The third kappa shape index (κ3) is 4.35. The van der Waals surface area contributed by atoms with E-state index in [9.17, 15) is 9.59 Å². The van der Waals surface area contributed by atoms with Crippen molar-refractivity contribution in [2.75, 3.05) is 5.32 Å². The van der Waals surface area contributed by atoms with Crippen LogP contribution >= 0.6 is 0 Å².